The summed E-state index contributed by atoms with van der Waals surface area (Å²) in [6.07, 6.45) is 3.99. The van der Waals surface area contributed by atoms with E-state index in [-0.39, 0.29) is 42.5 Å². The fourth-order valence-corrected chi connectivity index (χ4v) is 4.80. The first kappa shape index (κ1) is 26.5. The molecule has 0 aromatic heterocycles. The zero-order valence-corrected chi connectivity index (χ0v) is 21.0. The number of likely N-dealkylation sites (tertiary alicyclic amines) is 1. The van der Waals surface area contributed by atoms with Crippen LogP contribution in [-0.4, -0.2) is 105 Å². The Hall–Kier alpha value is -0.750. The second-order valence-corrected chi connectivity index (χ2v) is 8.76. The topological polar surface area (TPSA) is 63.2 Å². The zero-order valence-electron chi connectivity index (χ0n) is 18.7. The monoisotopic (exact) mass is 556 g/mol. The maximum absolute atomic E-state index is 12.5. The minimum absolute atomic E-state index is 0. The summed E-state index contributed by atoms with van der Waals surface area (Å²) in [7, 11) is 1.76. The Morgan fingerprint density at radius 2 is 1.65 bits per heavy atom. The van der Waals surface area contributed by atoms with Crippen molar-refractivity contribution in [3.63, 3.8) is 0 Å². The summed E-state index contributed by atoms with van der Waals surface area (Å²) in [5, 5.41) is 6.79. The predicted molar refractivity (Wildman–Crippen MR) is 130 cm³/mol. The maximum atomic E-state index is 12.5. The molecule has 0 bridgehead atoms. The molecular weight excluding hydrogens is 517 g/mol. The van der Waals surface area contributed by atoms with E-state index < -0.39 is 6.43 Å². The number of carbonyl (C=O) groups is 1. The van der Waals surface area contributed by atoms with Crippen LogP contribution in [0.1, 0.15) is 38.5 Å². The Kier molecular flexibility index (Phi) is 11.7. The highest BCUT2D eigenvalue weighted by molar-refractivity contribution is 14.0. The van der Waals surface area contributed by atoms with Crippen LogP contribution in [-0.2, 0) is 4.79 Å². The Morgan fingerprint density at radius 3 is 2.23 bits per heavy atom. The van der Waals surface area contributed by atoms with Gasteiger partial charge in [0.05, 0.1) is 6.54 Å². The van der Waals surface area contributed by atoms with E-state index in [9.17, 15) is 13.6 Å². The molecule has 0 unspecified atom stereocenters. The van der Waals surface area contributed by atoms with Crippen molar-refractivity contribution in [3.8, 4) is 0 Å². The summed E-state index contributed by atoms with van der Waals surface area (Å²) in [6, 6.07) is 0.273. The van der Waals surface area contributed by atoms with Gasteiger partial charge in [0.1, 0.15) is 0 Å². The van der Waals surface area contributed by atoms with Gasteiger partial charge in [-0.2, -0.15) is 0 Å². The van der Waals surface area contributed by atoms with E-state index in [1.807, 2.05) is 4.90 Å². The van der Waals surface area contributed by atoms with Gasteiger partial charge < -0.3 is 15.5 Å². The van der Waals surface area contributed by atoms with E-state index in [1.54, 1.807) is 7.05 Å². The molecule has 3 rings (SSSR count). The molecule has 3 fully saturated rings. The van der Waals surface area contributed by atoms with E-state index in [4.69, 9.17) is 0 Å². The summed E-state index contributed by atoms with van der Waals surface area (Å²) in [5.41, 5.74) is 0. The van der Waals surface area contributed by atoms with Crippen molar-refractivity contribution in [2.24, 2.45) is 10.9 Å². The van der Waals surface area contributed by atoms with Gasteiger partial charge in [-0.05, 0) is 25.7 Å². The largest absolute Gasteiger partial charge is 0.355 e. The van der Waals surface area contributed by atoms with E-state index in [1.165, 1.54) is 12.8 Å². The van der Waals surface area contributed by atoms with Gasteiger partial charge >= 0.3 is 0 Å². The molecule has 0 radical (unpaired) electrons. The van der Waals surface area contributed by atoms with Gasteiger partial charge in [0.25, 0.3) is 6.43 Å². The number of amides is 1. The van der Waals surface area contributed by atoms with Crippen molar-refractivity contribution in [2.75, 3.05) is 66.0 Å². The Labute approximate surface area is 202 Å². The Bertz CT molecular complexity index is 560. The summed E-state index contributed by atoms with van der Waals surface area (Å²) in [6.45, 7) is 6.49. The third-order valence-electron chi connectivity index (χ3n) is 6.66. The molecule has 31 heavy (non-hydrogen) atoms. The van der Waals surface area contributed by atoms with Gasteiger partial charge in [-0.1, -0.05) is 12.8 Å². The smallest absolute Gasteiger partial charge is 0.251 e. The number of rotatable bonds is 7. The Balaban J connectivity index is 0.00000341. The van der Waals surface area contributed by atoms with E-state index in [2.05, 4.69) is 25.4 Å². The van der Waals surface area contributed by atoms with Crippen LogP contribution in [0.5, 0.6) is 0 Å². The molecule has 0 aromatic carbocycles. The number of aliphatic imine (C=N–C) groups is 1. The standard InChI is InChI=1S/C21H38F2N6O.HI/c1-24-21(26-18-6-9-28(10-7-18)16-19(22)23)25-8-11-27-12-14-29(15-13-27)20(30)17-4-2-3-5-17;/h17-19H,2-16H2,1H3,(H2,24,25,26);1H. The molecule has 2 N–H and O–H groups in total. The number of piperidine rings is 1. The van der Waals surface area contributed by atoms with Crippen LogP contribution in [0.25, 0.3) is 0 Å². The summed E-state index contributed by atoms with van der Waals surface area (Å²) >= 11 is 0. The minimum Gasteiger partial charge on any atom is -0.355 e. The van der Waals surface area contributed by atoms with Crippen molar-refractivity contribution in [1.29, 1.82) is 0 Å². The normalized spacial score (nSPS) is 22.6. The molecule has 10 heteroatoms. The SMILES string of the molecule is CN=C(NCCN1CCN(C(=O)C2CCCC2)CC1)NC1CCN(CC(F)F)CC1.I. The highest BCUT2D eigenvalue weighted by Gasteiger charge is 2.29. The van der Waals surface area contributed by atoms with Crippen molar-refractivity contribution in [2.45, 2.75) is 51.0 Å². The first-order valence-corrected chi connectivity index (χ1v) is 11.5. The lowest BCUT2D eigenvalue weighted by atomic mass is 10.1. The summed E-state index contributed by atoms with van der Waals surface area (Å²) < 4.78 is 25.0. The van der Waals surface area contributed by atoms with Crippen LogP contribution in [0.3, 0.4) is 0 Å². The van der Waals surface area contributed by atoms with Gasteiger partial charge in [0.15, 0.2) is 5.96 Å². The molecule has 180 valence electrons. The summed E-state index contributed by atoms with van der Waals surface area (Å²) in [5.74, 6) is 1.42. The second-order valence-electron chi connectivity index (χ2n) is 8.76. The molecule has 2 aliphatic heterocycles. The first-order valence-electron chi connectivity index (χ1n) is 11.5. The Morgan fingerprint density at radius 1 is 1.00 bits per heavy atom. The number of hydrogen-bond acceptors (Lipinski definition) is 4. The molecule has 3 aliphatic rings. The van der Waals surface area contributed by atoms with E-state index in [0.717, 1.165) is 70.9 Å². The van der Waals surface area contributed by atoms with Crippen molar-refractivity contribution in [3.05, 3.63) is 0 Å². The number of piperazine rings is 1. The number of nitrogens with zero attached hydrogens (tertiary/aromatic N) is 4. The van der Waals surface area contributed by atoms with Gasteiger partial charge in [0.2, 0.25) is 5.91 Å². The molecule has 0 aromatic rings. The third kappa shape index (κ3) is 8.60. The van der Waals surface area contributed by atoms with Gasteiger partial charge in [0, 0.05) is 71.4 Å². The zero-order chi connectivity index (χ0) is 21.3. The predicted octanol–water partition coefficient (Wildman–Crippen LogP) is 1.83. The minimum atomic E-state index is -2.26. The quantitative estimate of drug-likeness (QED) is 0.285. The highest BCUT2D eigenvalue weighted by atomic mass is 127. The summed E-state index contributed by atoms with van der Waals surface area (Å²) in [4.78, 5) is 23.1. The van der Waals surface area contributed by atoms with Crippen molar-refractivity contribution < 1.29 is 13.6 Å². The molecule has 2 saturated heterocycles. The second kappa shape index (κ2) is 13.7. The van der Waals surface area contributed by atoms with Crippen LogP contribution < -0.4 is 10.6 Å². The fourth-order valence-electron chi connectivity index (χ4n) is 4.80. The van der Waals surface area contributed by atoms with E-state index in [0.29, 0.717) is 19.0 Å². The fraction of sp³-hybridized carbons (Fsp3) is 0.905. The third-order valence-corrected chi connectivity index (χ3v) is 6.66. The average Bonchev–Trinajstić information content (AvgIpc) is 3.29. The number of halogens is 3. The van der Waals surface area contributed by atoms with Gasteiger partial charge in [-0.3, -0.25) is 19.6 Å². The molecule has 2 heterocycles. The lowest BCUT2D eigenvalue weighted by molar-refractivity contribution is -0.137. The van der Waals surface area contributed by atoms with Crippen LogP contribution in [0.2, 0.25) is 0 Å². The maximum Gasteiger partial charge on any atom is 0.251 e. The number of carbonyl (C=O) groups excluding carboxylic acids is 1. The number of hydrogen-bond donors (Lipinski definition) is 2. The lowest BCUT2D eigenvalue weighted by Crippen LogP contribution is -2.53. The lowest BCUT2D eigenvalue weighted by Gasteiger charge is -2.36. The number of alkyl halides is 2. The molecular formula is C21H39F2IN6O. The number of nitrogens with one attached hydrogen (secondary N) is 2. The first-order chi connectivity index (χ1) is 14.5. The van der Waals surface area contributed by atoms with Gasteiger partial charge in [-0.25, -0.2) is 8.78 Å². The molecule has 1 saturated carbocycles. The van der Waals surface area contributed by atoms with Crippen LogP contribution in [0.15, 0.2) is 4.99 Å². The average molecular weight is 556 g/mol. The van der Waals surface area contributed by atoms with Crippen LogP contribution in [0.4, 0.5) is 8.78 Å². The molecule has 0 spiro atoms. The van der Waals surface area contributed by atoms with Crippen molar-refractivity contribution >= 4 is 35.8 Å². The number of guanidine groups is 1. The van der Waals surface area contributed by atoms with Crippen molar-refractivity contribution in [1.82, 2.24) is 25.3 Å². The highest BCUT2D eigenvalue weighted by Crippen LogP contribution is 2.26. The molecule has 1 amide bonds. The molecule has 7 nitrogen and oxygen atoms in total. The molecule has 1 aliphatic carbocycles. The van der Waals surface area contributed by atoms with Crippen LogP contribution >= 0.6 is 24.0 Å². The van der Waals surface area contributed by atoms with Gasteiger partial charge in [-0.15, -0.1) is 24.0 Å². The van der Waals surface area contributed by atoms with Crippen LogP contribution in [0, 0.1) is 5.92 Å². The van der Waals surface area contributed by atoms with E-state index >= 15 is 0 Å². The molecule has 0 atom stereocenters.